The first-order valence-corrected chi connectivity index (χ1v) is 9.99. The lowest BCUT2D eigenvalue weighted by molar-refractivity contribution is 0.0574. The molecule has 8 heteroatoms. The largest absolute Gasteiger partial charge is 0.489 e. The van der Waals surface area contributed by atoms with Gasteiger partial charge in [-0.15, -0.1) is 11.3 Å². The third kappa shape index (κ3) is 5.14. The van der Waals surface area contributed by atoms with E-state index in [4.69, 9.17) is 21.1 Å². The van der Waals surface area contributed by atoms with Crippen LogP contribution in [-0.4, -0.2) is 54.6 Å². The number of thiophene rings is 1. The first kappa shape index (κ1) is 19.5. The van der Waals surface area contributed by atoms with Crippen LogP contribution in [-0.2, 0) is 11.3 Å². The minimum atomic E-state index is -0.317. The van der Waals surface area contributed by atoms with Crippen LogP contribution in [0.4, 0.5) is 4.79 Å². The van der Waals surface area contributed by atoms with Crippen molar-refractivity contribution in [3.63, 3.8) is 0 Å². The average molecular weight is 409 g/mol. The van der Waals surface area contributed by atoms with Gasteiger partial charge < -0.3 is 19.3 Å². The number of carbonyl (C=O) groups excluding carboxylic acids is 2. The van der Waals surface area contributed by atoms with Crippen LogP contribution in [0.2, 0.25) is 5.02 Å². The van der Waals surface area contributed by atoms with E-state index in [1.165, 1.54) is 11.3 Å². The second-order valence-electron chi connectivity index (χ2n) is 6.04. The highest BCUT2D eigenvalue weighted by Gasteiger charge is 2.26. The number of piperazine rings is 1. The number of benzene rings is 1. The molecule has 6 nitrogen and oxygen atoms in total. The molecule has 2 aromatic rings. The van der Waals surface area contributed by atoms with Gasteiger partial charge >= 0.3 is 6.09 Å². The lowest BCUT2D eigenvalue weighted by Crippen LogP contribution is -2.50. The van der Waals surface area contributed by atoms with Gasteiger partial charge in [-0.05, 0) is 42.6 Å². The Kier molecular flexibility index (Phi) is 6.58. The Morgan fingerprint density at radius 3 is 2.44 bits per heavy atom. The van der Waals surface area contributed by atoms with Crippen LogP contribution >= 0.6 is 22.9 Å². The minimum Gasteiger partial charge on any atom is -0.489 e. The van der Waals surface area contributed by atoms with Crippen molar-refractivity contribution in [2.45, 2.75) is 13.5 Å². The van der Waals surface area contributed by atoms with Gasteiger partial charge in [-0.1, -0.05) is 11.6 Å². The zero-order chi connectivity index (χ0) is 19.2. The maximum atomic E-state index is 12.7. The Balaban J connectivity index is 1.51. The summed E-state index contributed by atoms with van der Waals surface area (Å²) >= 11 is 7.26. The van der Waals surface area contributed by atoms with Crippen molar-refractivity contribution in [1.29, 1.82) is 0 Å². The summed E-state index contributed by atoms with van der Waals surface area (Å²) < 4.78 is 10.7. The Labute approximate surface area is 167 Å². The van der Waals surface area contributed by atoms with Gasteiger partial charge in [0, 0.05) is 36.8 Å². The number of hydrogen-bond donors (Lipinski definition) is 0. The molecular weight excluding hydrogens is 388 g/mol. The predicted molar refractivity (Wildman–Crippen MR) is 105 cm³/mol. The fourth-order valence-electron chi connectivity index (χ4n) is 2.72. The molecule has 0 spiro atoms. The van der Waals surface area contributed by atoms with E-state index in [9.17, 15) is 9.59 Å². The van der Waals surface area contributed by atoms with Gasteiger partial charge in [-0.2, -0.15) is 0 Å². The summed E-state index contributed by atoms with van der Waals surface area (Å²) in [6.07, 6.45) is -0.317. The fourth-order valence-corrected chi connectivity index (χ4v) is 3.71. The van der Waals surface area contributed by atoms with Gasteiger partial charge in [-0.3, -0.25) is 4.79 Å². The monoisotopic (exact) mass is 408 g/mol. The zero-order valence-electron chi connectivity index (χ0n) is 15.0. The van der Waals surface area contributed by atoms with Crippen molar-refractivity contribution in [2.24, 2.45) is 0 Å². The van der Waals surface area contributed by atoms with Crippen molar-refractivity contribution in [1.82, 2.24) is 9.80 Å². The van der Waals surface area contributed by atoms with Crippen LogP contribution < -0.4 is 4.74 Å². The zero-order valence-corrected chi connectivity index (χ0v) is 16.6. The second-order valence-corrected chi connectivity index (χ2v) is 7.39. The van der Waals surface area contributed by atoms with Crippen molar-refractivity contribution >= 4 is 34.9 Å². The molecule has 0 N–H and O–H groups in total. The normalized spacial score (nSPS) is 14.1. The van der Waals surface area contributed by atoms with Crippen LogP contribution in [0.1, 0.15) is 22.2 Å². The maximum absolute atomic E-state index is 12.7. The smallest absolute Gasteiger partial charge is 0.409 e. The molecular formula is C19H21ClN2O4S. The molecule has 0 aliphatic carbocycles. The number of hydrogen-bond acceptors (Lipinski definition) is 5. The highest BCUT2D eigenvalue weighted by atomic mass is 35.5. The molecule has 2 heterocycles. The number of amides is 2. The van der Waals surface area contributed by atoms with E-state index in [-0.39, 0.29) is 12.0 Å². The summed E-state index contributed by atoms with van der Waals surface area (Å²) in [4.78, 5) is 28.5. The highest BCUT2D eigenvalue weighted by molar-refractivity contribution is 7.12. The van der Waals surface area contributed by atoms with Crippen molar-refractivity contribution < 1.29 is 19.1 Å². The first-order valence-electron chi connectivity index (χ1n) is 8.73. The Hall–Kier alpha value is -2.25. The number of ether oxygens (including phenoxy) is 2. The molecule has 0 bridgehead atoms. The van der Waals surface area contributed by atoms with E-state index in [1.54, 1.807) is 28.9 Å². The quantitative estimate of drug-likeness (QED) is 0.753. The Morgan fingerprint density at radius 1 is 1.11 bits per heavy atom. The van der Waals surface area contributed by atoms with Crippen molar-refractivity contribution in [3.8, 4) is 5.75 Å². The SMILES string of the molecule is CCOC(=O)N1CCN(C(=O)c2cc(COc3ccc(Cl)cc3)cs2)CC1. The van der Waals surface area contributed by atoms with E-state index in [2.05, 4.69) is 0 Å². The summed E-state index contributed by atoms with van der Waals surface area (Å²) in [7, 11) is 0. The second kappa shape index (κ2) is 9.10. The average Bonchev–Trinajstić information content (AvgIpc) is 3.16. The van der Waals surface area contributed by atoms with Gasteiger partial charge in [-0.25, -0.2) is 4.79 Å². The minimum absolute atomic E-state index is 0.0127. The van der Waals surface area contributed by atoms with Crippen LogP contribution in [0, 0.1) is 0 Å². The van der Waals surface area contributed by atoms with E-state index in [0.717, 1.165) is 11.3 Å². The number of halogens is 1. The summed E-state index contributed by atoms with van der Waals surface area (Å²) in [6.45, 7) is 4.52. The Morgan fingerprint density at radius 2 is 1.78 bits per heavy atom. The molecule has 1 saturated heterocycles. The molecule has 0 unspecified atom stereocenters. The van der Waals surface area contributed by atoms with Gasteiger partial charge in [0.2, 0.25) is 0 Å². The molecule has 144 valence electrons. The third-order valence-electron chi connectivity index (χ3n) is 4.18. The topological polar surface area (TPSA) is 59.1 Å². The van der Waals surface area contributed by atoms with Gasteiger partial charge in [0.1, 0.15) is 12.4 Å². The van der Waals surface area contributed by atoms with Crippen LogP contribution in [0.3, 0.4) is 0 Å². The molecule has 1 aromatic carbocycles. The molecule has 1 aliphatic heterocycles. The molecule has 2 amide bonds. The fraction of sp³-hybridized carbons (Fsp3) is 0.368. The first-order chi connectivity index (χ1) is 13.1. The van der Waals surface area contributed by atoms with E-state index >= 15 is 0 Å². The van der Waals surface area contributed by atoms with E-state index < -0.39 is 0 Å². The summed E-state index contributed by atoms with van der Waals surface area (Å²) in [5.41, 5.74) is 0.948. The molecule has 0 saturated carbocycles. The molecule has 0 atom stereocenters. The van der Waals surface area contributed by atoms with E-state index in [1.807, 2.05) is 23.6 Å². The lowest BCUT2D eigenvalue weighted by Gasteiger charge is -2.33. The molecule has 1 aliphatic rings. The molecule has 1 aromatic heterocycles. The third-order valence-corrected chi connectivity index (χ3v) is 5.40. The molecule has 27 heavy (non-hydrogen) atoms. The van der Waals surface area contributed by atoms with E-state index in [0.29, 0.717) is 49.3 Å². The van der Waals surface area contributed by atoms with Gasteiger partial charge in [0.05, 0.1) is 11.5 Å². The van der Waals surface area contributed by atoms with Crippen molar-refractivity contribution in [2.75, 3.05) is 32.8 Å². The van der Waals surface area contributed by atoms with Gasteiger partial charge in [0.25, 0.3) is 5.91 Å². The Bertz CT molecular complexity index is 785. The lowest BCUT2D eigenvalue weighted by atomic mass is 10.2. The highest BCUT2D eigenvalue weighted by Crippen LogP contribution is 2.21. The number of carbonyl (C=O) groups is 2. The predicted octanol–water partition coefficient (Wildman–Crippen LogP) is 3.89. The maximum Gasteiger partial charge on any atom is 0.409 e. The molecule has 0 radical (unpaired) electrons. The number of nitrogens with zero attached hydrogens (tertiary/aromatic N) is 2. The summed E-state index contributed by atoms with van der Waals surface area (Å²) in [6, 6.07) is 9.03. The van der Waals surface area contributed by atoms with Crippen LogP contribution in [0.5, 0.6) is 5.75 Å². The molecule has 1 fully saturated rings. The van der Waals surface area contributed by atoms with Crippen LogP contribution in [0.15, 0.2) is 35.7 Å². The standard InChI is InChI=1S/C19H21ClN2O4S/c1-2-25-19(24)22-9-7-21(8-10-22)18(23)17-11-14(13-27-17)12-26-16-5-3-15(20)4-6-16/h3-6,11,13H,2,7-10,12H2,1H3. The van der Waals surface area contributed by atoms with Gasteiger partial charge in [0.15, 0.2) is 0 Å². The van der Waals surface area contributed by atoms with Crippen molar-refractivity contribution in [3.05, 3.63) is 51.2 Å². The number of rotatable bonds is 5. The molecule has 3 rings (SSSR count). The summed E-state index contributed by atoms with van der Waals surface area (Å²) in [5, 5.41) is 2.59. The van der Waals surface area contributed by atoms with Crippen LogP contribution in [0.25, 0.3) is 0 Å². The summed E-state index contributed by atoms with van der Waals surface area (Å²) in [5.74, 6) is 0.717.